The van der Waals surface area contributed by atoms with E-state index in [1.165, 1.54) is 0 Å². The van der Waals surface area contributed by atoms with Crippen molar-refractivity contribution in [3.8, 4) is 16.9 Å². The number of hydrogen-bond donors (Lipinski definition) is 1. The average Bonchev–Trinajstić information content (AvgIpc) is 2.40. The lowest BCUT2D eigenvalue weighted by Crippen LogP contribution is -1.94. The van der Waals surface area contributed by atoms with Crippen LogP contribution >= 0.6 is 0 Å². The van der Waals surface area contributed by atoms with E-state index in [9.17, 15) is 5.11 Å². The number of ether oxygens (including phenoxy) is 1. The molecule has 0 amide bonds. The van der Waals surface area contributed by atoms with Crippen LogP contribution in [-0.2, 0) is 6.61 Å². The van der Waals surface area contributed by atoms with Crippen LogP contribution in [0.25, 0.3) is 11.1 Å². The molecule has 2 heteroatoms. The van der Waals surface area contributed by atoms with Gasteiger partial charge in [-0.05, 0) is 48.2 Å². The van der Waals surface area contributed by atoms with Gasteiger partial charge in [-0.2, -0.15) is 0 Å². The quantitative estimate of drug-likeness (QED) is 0.888. The summed E-state index contributed by atoms with van der Waals surface area (Å²) in [6, 6.07) is 14.0. The van der Waals surface area contributed by atoms with E-state index in [4.69, 9.17) is 4.74 Å². The predicted molar refractivity (Wildman–Crippen MR) is 73.7 cm³/mol. The minimum absolute atomic E-state index is 0.0742. The molecule has 0 aliphatic carbocycles. The second-order valence-corrected chi connectivity index (χ2v) is 4.21. The van der Waals surface area contributed by atoms with Crippen LogP contribution in [0.2, 0.25) is 0 Å². The zero-order valence-corrected chi connectivity index (χ0v) is 10.8. The summed E-state index contributed by atoms with van der Waals surface area (Å²) in [6.45, 7) is 4.75. The first-order valence-electron chi connectivity index (χ1n) is 6.19. The second kappa shape index (κ2) is 5.69. The fourth-order valence-electron chi connectivity index (χ4n) is 2.09. The van der Waals surface area contributed by atoms with Gasteiger partial charge in [0.25, 0.3) is 0 Å². The first-order chi connectivity index (χ1) is 8.76. The monoisotopic (exact) mass is 242 g/mol. The molecule has 0 aliphatic rings. The van der Waals surface area contributed by atoms with Crippen molar-refractivity contribution < 1.29 is 9.84 Å². The van der Waals surface area contributed by atoms with Gasteiger partial charge in [0.15, 0.2) is 0 Å². The number of aliphatic hydroxyl groups excluding tert-OH is 1. The molecule has 2 aromatic rings. The van der Waals surface area contributed by atoms with E-state index in [-0.39, 0.29) is 6.61 Å². The van der Waals surface area contributed by atoms with Crippen molar-refractivity contribution >= 4 is 0 Å². The summed E-state index contributed by atoms with van der Waals surface area (Å²) < 4.78 is 5.52. The standard InChI is InChI=1S/C16H18O2/c1-3-18-15-8-4-6-13(10-15)16-9-5-7-14(11-17)12(16)2/h4-10,17H,3,11H2,1-2H3. The maximum absolute atomic E-state index is 9.30. The van der Waals surface area contributed by atoms with Crippen molar-refractivity contribution in [3.63, 3.8) is 0 Å². The lowest BCUT2D eigenvalue weighted by molar-refractivity contribution is 0.281. The predicted octanol–water partition coefficient (Wildman–Crippen LogP) is 3.55. The summed E-state index contributed by atoms with van der Waals surface area (Å²) in [4.78, 5) is 0. The molecule has 0 atom stereocenters. The van der Waals surface area contributed by atoms with Crippen LogP contribution in [0.1, 0.15) is 18.1 Å². The molecule has 0 spiro atoms. The third kappa shape index (κ3) is 2.54. The summed E-state index contributed by atoms with van der Waals surface area (Å²) >= 11 is 0. The Bertz CT molecular complexity index is 532. The highest BCUT2D eigenvalue weighted by atomic mass is 16.5. The molecular formula is C16H18O2. The summed E-state index contributed by atoms with van der Waals surface area (Å²) in [5.74, 6) is 0.879. The number of hydrogen-bond acceptors (Lipinski definition) is 2. The van der Waals surface area contributed by atoms with E-state index < -0.39 is 0 Å². The molecule has 94 valence electrons. The molecule has 0 bridgehead atoms. The molecule has 0 saturated heterocycles. The largest absolute Gasteiger partial charge is 0.494 e. The normalized spacial score (nSPS) is 10.4. The maximum atomic E-state index is 9.30. The van der Waals surface area contributed by atoms with Crippen LogP contribution < -0.4 is 4.74 Å². The van der Waals surface area contributed by atoms with Gasteiger partial charge in [0.1, 0.15) is 5.75 Å². The molecule has 0 saturated carbocycles. The zero-order chi connectivity index (χ0) is 13.0. The Morgan fingerprint density at radius 2 is 1.89 bits per heavy atom. The highest BCUT2D eigenvalue weighted by Gasteiger charge is 2.06. The molecule has 0 aliphatic heterocycles. The lowest BCUT2D eigenvalue weighted by Gasteiger charge is -2.11. The zero-order valence-electron chi connectivity index (χ0n) is 10.8. The van der Waals surface area contributed by atoms with Gasteiger partial charge in [0, 0.05) is 0 Å². The summed E-state index contributed by atoms with van der Waals surface area (Å²) in [6.07, 6.45) is 0. The fourth-order valence-corrected chi connectivity index (χ4v) is 2.09. The van der Waals surface area contributed by atoms with E-state index in [1.807, 2.05) is 44.2 Å². The van der Waals surface area contributed by atoms with Gasteiger partial charge in [-0.15, -0.1) is 0 Å². The molecule has 18 heavy (non-hydrogen) atoms. The van der Waals surface area contributed by atoms with E-state index in [0.717, 1.165) is 28.0 Å². The van der Waals surface area contributed by atoms with Crippen molar-refractivity contribution in [2.45, 2.75) is 20.5 Å². The van der Waals surface area contributed by atoms with Crippen LogP contribution in [0.3, 0.4) is 0 Å². The van der Waals surface area contributed by atoms with Crippen molar-refractivity contribution in [2.75, 3.05) is 6.61 Å². The van der Waals surface area contributed by atoms with Crippen LogP contribution in [0, 0.1) is 6.92 Å². The van der Waals surface area contributed by atoms with E-state index in [2.05, 4.69) is 12.1 Å². The van der Waals surface area contributed by atoms with Gasteiger partial charge in [0.05, 0.1) is 13.2 Å². The highest BCUT2D eigenvalue weighted by molar-refractivity contribution is 5.69. The fraction of sp³-hybridized carbons (Fsp3) is 0.250. The van der Waals surface area contributed by atoms with Crippen molar-refractivity contribution in [3.05, 3.63) is 53.6 Å². The first-order valence-corrected chi connectivity index (χ1v) is 6.19. The van der Waals surface area contributed by atoms with Crippen LogP contribution in [-0.4, -0.2) is 11.7 Å². The molecule has 0 unspecified atom stereocenters. The first kappa shape index (κ1) is 12.7. The second-order valence-electron chi connectivity index (χ2n) is 4.21. The van der Waals surface area contributed by atoms with Crippen molar-refractivity contribution in [2.24, 2.45) is 0 Å². The Balaban J connectivity index is 2.45. The number of aliphatic hydroxyl groups is 1. The summed E-state index contributed by atoms with van der Waals surface area (Å²) in [7, 11) is 0. The van der Waals surface area contributed by atoms with Crippen LogP contribution in [0.4, 0.5) is 0 Å². The molecule has 2 nitrogen and oxygen atoms in total. The maximum Gasteiger partial charge on any atom is 0.119 e. The minimum Gasteiger partial charge on any atom is -0.494 e. The molecular weight excluding hydrogens is 224 g/mol. The molecule has 2 rings (SSSR count). The van der Waals surface area contributed by atoms with E-state index in [1.54, 1.807) is 0 Å². The highest BCUT2D eigenvalue weighted by Crippen LogP contribution is 2.28. The van der Waals surface area contributed by atoms with Gasteiger partial charge in [0.2, 0.25) is 0 Å². The average molecular weight is 242 g/mol. The Labute approximate surface area is 108 Å². The van der Waals surface area contributed by atoms with Gasteiger partial charge in [-0.25, -0.2) is 0 Å². The summed E-state index contributed by atoms with van der Waals surface area (Å²) in [5, 5.41) is 9.30. The topological polar surface area (TPSA) is 29.5 Å². The van der Waals surface area contributed by atoms with Gasteiger partial charge < -0.3 is 9.84 Å². The number of rotatable bonds is 4. The smallest absolute Gasteiger partial charge is 0.119 e. The third-order valence-electron chi connectivity index (χ3n) is 3.07. The minimum atomic E-state index is 0.0742. The number of benzene rings is 2. The Morgan fingerprint density at radius 3 is 2.61 bits per heavy atom. The van der Waals surface area contributed by atoms with E-state index >= 15 is 0 Å². The molecule has 1 N–H and O–H groups in total. The molecule has 2 aromatic carbocycles. The lowest BCUT2D eigenvalue weighted by atomic mass is 9.97. The SMILES string of the molecule is CCOc1cccc(-c2cccc(CO)c2C)c1. The Hall–Kier alpha value is -1.80. The van der Waals surface area contributed by atoms with Crippen LogP contribution in [0.15, 0.2) is 42.5 Å². The third-order valence-corrected chi connectivity index (χ3v) is 3.07. The van der Waals surface area contributed by atoms with Crippen molar-refractivity contribution in [1.29, 1.82) is 0 Å². The Kier molecular flexibility index (Phi) is 4.00. The Morgan fingerprint density at radius 1 is 1.11 bits per heavy atom. The van der Waals surface area contributed by atoms with Gasteiger partial charge >= 0.3 is 0 Å². The van der Waals surface area contributed by atoms with Crippen LogP contribution in [0.5, 0.6) is 5.75 Å². The molecule has 0 aromatic heterocycles. The van der Waals surface area contributed by atoms with E-state index in [0.29, 0.717) is 6.61 Å². The molecule has 0 fully saturated rings. The van der Waals surface area contributed by atoms with Gasteiger partial charge in [-0.3, -0.25) is 0 Å². The summed E-state index contributed by atoms with van der Waals surface area (Å²) in [5.41, 5.74) is 4.35. The van der Waals surface area contributed by atoms with Gasteiger partial charge in [-0.1, -0.05) is 30.3 Å². The molecule has 0 radical (unpaired) electrons. The molecule has 0 heterocycles. The van der Waals surface area contributed by atoms with Crippen molar-refractivity contribution in [1.82, 2.24) is 0 Å².